The molecule has 30 nitrogen and oxygen atoms in total. The highest BCUT2D eigenvalue weighted by atomic mass is 16.6. The molecule has 16 rings (SSSR count). The standard InChI is InChI=1S/C19H22N2O3.C18H20N2O4.C15H21NO2.C14H19NO3.C14H17NO3.C14H23NO2.C12H18N2O2.C7H15N/c1-13-7-6-10-16(11-13)20-12-14(2)17(22)21(19(20)24)18(23)15-8-4-3-5-9-15;1-12-11-19(14-8-5-9-15(21)10-14)18(24)20(16(12)22)17(23)13-6-3-2-4-7-13;1-12-6-5-9-14(10-12)16-15(17)18-11-13-7-3-2-4-8-13;2*16-13-8-4-7-12(9-13)15-14(17)18-10-11-5-2-1-3-6-11;1-4-11(3)14(17)15-13(16)9-12-7-5-6-10(2)8-12;1-8-4-3-5-10(6-8)14-7-9(2)11(15)13-12(14)16;1-6-3-2-4-7(8)5-6/h3-5,8-9,12-13,16H,6-7,10-11H2,1-2H3;2-4,6-7,11,14-15,21H,5,8-10H2,1H3;2-4,7-8,12,14H,5-6,9-11H2,1H3,(H,16,17);1-3,5-6,12-13,16H,4,7-10H2,(H,15,17);1-3,5-6,12H,4,7-10H2,(H,15,17);4,10,12H,5-9H2,1-3H3,(H,15,16,17);7-8,10H,3-6H2,1-2H3,(H,13,15,16);6-7H,2-5,8H2,1H3/b;;;;;11-4+;;/t13-,16+;14-,15+;12-,14+;;;10-,12+;8-,10+;6-,7+/m101..111/s1. The van der Waals surface area contributed by atoms with Gasteiger partial charge in [0, 0.05) is 114 Å². The molecule has 3 unspecified atom stereocenters. The van der Waals surface area contributed by atoms with Gasteiger partial charge in [0.2, 0.25) is 5.91 Å². The molecule has 776 valence electrons. The molecule has 15 atom stereocenters. The van der Waals surface area contributed by atoms with Crippen LogP contribution in [0.4, 0.5) is 14.4 Å². The van der Waals surface area contributed by atoms with Crippen LogP contribution in [0.2, 0.25) is 0 Å². The Bertz CT molecular complexity index is 5550. The summed E-state index contributed by atoms with van der Waals surface area (Å²) in [6.45, 7) is 20.5. The molecule has 8 fully saturated rings. The summed E-state index contributed by atoms with van der Waals surface area (Å²) in [6, 6.07) is 46.5. The molecule has 0 saturated heterocycles. The number of hydrogen-bond acceptors (Lipinski definition) is 20. The zero-order valence-electron chi connectivity index (χ0n) is 85.5. The lowest BCUT2D eigenvalue weighted by Crippen LogP contribution is -2.46. The predicted molar refractivity (Wildman–Crippen MR) is 555 cm³/mol. The summed E-state index contributed by atoms with van der Waals surface area (Å²) in [4.78, 5) is 170. The van der Waals surface area contributed by atoms with Crippen LogP contribution in [-0.2, 0) is 48.4 Å². The molecule has 3 heterocycles. The van der Waals surface area contributed by atoms with Crippen LogP contribution in [0, 0.1) is 56.3 Å². The second-order valence-electron chi connectivity index (χ2n) is 40.6. The highest BCUT2D eigenvalue weighted by molar-refractivity contribution is 6.04. The number of Topliss-reactive ketones (excluding diaryl/α,β-unsaturated/α-hetero) is 1. The summed E-state index contributed by atoms with van der Waals surface area (Å²) in [5.74, 6) is 2.61. The first kappa shape index (κ1) is 114. The molecule has 5 aromatic carbocycles. The van der Waals surface area contributed by atoms with Gasteiger partial charge in [0.1, 0.15) is 25.6 Å². The number of amides is 5. The quantitative estimate of drug-likeness (QED) is 0.0310. The van der Waals surface area contributed by atoms with E-state index in [9.17, 15) is 77.3 Å². The maximum Gasteiger partial charge on any atom is 0.407 e. The zero-order valence-corrected chi connectivity index (χ0v) is 85.5. The minimum Gasteiger partial charge on any atom is -0.445 e. The Hall–Kier alpha value is -12.3. The summed E-state index contributed by atoms with van der Waals surface area (Å²) < 4.78 is 21.7. The van der Waals surface area contributed by atoms with E-state index in [0.29, 0.717) is 107 Å². The van der Waals surface area contributed by atoms with Gasteiger partial charge in [-0.05, 0) is 239 Å². The Morgan fingerprint density at radius 2 is 0.776 bits per heavy atom. The number of aryl methyl sites for hydroxylation is 3. The number of rotatable bonds is 17. The van der Waals surface area contributed by atoms with Crippen LogP contribution in [0.25, 0.3) is 0 Å². The number of benzene rings is 5. The minimum absolute atomic E-state index is 0.0389. The van der Waals surface area contributed by atoms with Gasteiger partial charge >= 0.3 is 35.3 Å². The van der Waals surface area contributed by atoms with Crippen molar-refractivity contribution in [2.75, 3.05) is 0 Å². The number of carbonyl (C=O) groups excluding carboxylic acids is 8. The molecular weight excluding hydrogens is 1820 g/mol. The molecule has 8 aliphatic carbocycles. The van der Waals surface area contributed by atoms with Crippen molar-refractivity contribution in [2.45, 2.75) is 355 Å². The number of allylic oxidation sites excluding steroid dienone is 1. The predicted octanol–water partition coefficient (Wildman–Crippen LogP) is 18.3. The highest BCUT2D eigenvalue weighted by Crippen LogP contribution is 2.35. The molecule has 0 aliphatic heterocycles. The topological polar surface area (TPSA) is 422 Å². The fourth-order valence-electron chi connectivity index (χ4n) is 20.0. The first-order chi connectivity index (χ1) is 68.6. The Labute approximate surface area is 840 Å². The summed E-state index contributed by atoms with van der Waals surface area (Å²) >= 11 is 0. The number of nitrogens with one attached hydrogen (secondary N) is 5. The Balaban J connectivity index is 0.000000184. The molecule has 8 saturated carbocycles. The van der Waals surface area contributed by atoms with Gasteiger partial charge < -0.3 is 46.1 Å². The van der Waals surface area contributed by atoms with Gasteiger partial charge in [-0.1, -0.05) is 232 Å². The number of ketones is 1. The van der Waals surface area contributed by atoms with Crippen LogP contribution < -0.4 is 60.7 Å². The number of nitrogens with zero attached hydrogens (tertiary/aromatic N) is 5. The van der Waals surface area contributed by atoms with Crippen molar-refractivity contribution >= 4 is 47.7 Å². The fraction of sp³-hybridized carbons (Fsp3) is 0.540. The van der Waals surface area contributed by atoms with Crippen molar-refractivity contribution in [1.82, 2.24) is 49.1 Å². The van der Waals surface area contributed by atoms with Crippen molar-refractivity contribution in [3.05, 3.63) is 289 Å². The van der Waals surface area contributed by atoms with Crippen molar-refractivity contribution < 1.29 is 62.8 Å². The van der Waals surface area contributed by atoms with Gasteiger partial charge in [-0.3, -0.25) is 62.4 Å². The van der Waals surface area contributed by atoms with E-state index in [2.05, 4.69) is 60.9 Å². The summed E-state index contributed by atoms with van der Waals surface area (Å²) in [6.07, 6.45) is 37.0. The number of H-pyrrole nitrogens is 1. The summed E-state index contributed by atoms with van der Waals surface area (Å²) in [7, 11) is 0. The van der Waals surface area contributed by atoms with Crippen LogP contribution in [0.5, 0.6) is 0 Å². The Kier molecular flexibility index (Phi) is 47.7. The van der Waals surface area contributed by atoms with Crippen molar-refractivity contribution in [3.63, 3.8) is 0 Å². The van der Waals surface area contributed by atoms with Gasteiger partial charge in [-0.15, -0.1) is 0 Å². The number of aliphatic hydroxyl groups is 2. The van der Waals surface area contributed by atoms with E-state index in [1.807, 2.05) is 91.0 Å². The van der Waals surface area contributed by atoms with E-state index >= 15 is 0 Å². The third-order valence-corrected chi connectivity index (χ3v) is 28.0. The largest absolute Gasteiger partial charge is 0.445 e. The molecule has 8 aromatic rings. The number of aromatic nitrogens is 6. The first-order valence-corrected chi connectivity index (χ1v) is 51.8. The van der Waals surface area contributed by atoms with Crippen LogP contribution >= 0.6 is 0 Å². The maximum absolute atomic E-state index is 12.9. The van der Waals surface area contributed by atoms with Gasteiger partial charge in [-0.2, -0.15) is 9.13 Å². The number of alkyl carbamates (subject to hydrolysis) is 3. The zero-order chi connectivity index (χ0) is 103. The van der Waals surface area contributed by atoms with E-state index in [1.54, 1.807) is 123 Å². The molecule has 5 amide bonds. The average molecular weight is 1970 g/mol. The number of aromatic amines is 1. The Morgan fingerprint density at radius 3 is 1.18 bits per heavy atom. The van der Waals surface area contributed by atoms with E-state index in [1.165, 1.54) is 68.6 Å². The molecule has 30 heteroatoms. The van der Waals surface area contributed by atoms with Gasteiger partial charge in [0.05, 0.1) is 12.2 Å². The molecule has 0 radical (unpaired) electrons. The summed E-state index contributed by atoms with van der Waals surface area (Å²) in [5.41, 5.74) is 8.40. The molecule has 143 heavy (non-hydrogen) atoms. The number of ether oxygens (including phenoxy) is 3. The van der Waals surface area contributed by atoms with Crippen LogP contribution in [-0.4, -0.2) is 122 Å². The number of hydrogen-bond donors (Lipinski definition) is 8. The minimum atomic E-state index is -0.640. The molecule has 8 aliphatic rings. The number of carbonyl (C=O) groups is 8. The van der Waals surface area contributed by atoms with E-state index < -0.39 is 52.6 Å². The number of aliphatic hydroxyl groups excluding tert-OH is 2. The fourth-order valence-corrected chi connectivity index (χ4v) is 20.0. The Morgan fingerprint density at radius 1 is 0.413 bits per heavy atom. The van der Waals surface area contributed by atoms with E-state index in [-0.39, 0.29) is 96.1 Å². The number of imide groups is 1. The van der Waals surface area contributed by atoms with Crippen LogP contribution in [0.3, 0.4) is 0 Å². The van der Waals surface area contributed by atoms with Crippen molar-refractivity contribution in [1.29, 1.82) is 0 Å². The second-order valence-corrected chi connectivity index (χ2v) is 40.6. The molecule has 0 bridgehead atoms. The van der Waals surface area contributed by atoms with E-state index in [4.69, 9.17) is 19.9 Å². The lowest BCUT2D eigenvalue weighted by Gasteiger charge is -2.28. The van der Waals surface area contributed by atoms with Crippen LogP contribution in [0.15, 0.2) is 211 Å². The van der Waals surface area contributed by atoms with Gasteiger partial charge in [-0.25, -0.2) is 28.8 Å². The number of nitrogens with two attached hydrogens (primary N) is 1. The smallest absolute Gasteiger partial charge is 0.407 e. The highest BCUT2D eigenvalue weighted by Gasteiger charge is 2.32. The summed E-state index contributed by atoms with van der Waals surface area (Å²) in [5, 5.41) is 30.3. The van der Waals surface area contributed by atoms with Crippen molar-refractivity contribution in [3.8, 4) is 0 Å². The van der Waals surface area contributed by atoms with Gasteiger partial charge in [0.15, 0.2) is 0 Å². The van der Waals surface area contributed by atoms with Crippen molar-refractivity contribution in [2.24, 2.45) is 41.2 Å². The molecular formula is C113H155N11O19. The average Bonchev–Trinajstić information content (AvgIpc) is 0.776. The third kappa shape index (κ3) is 39.1. The molecule has 9 N–H and O–H groups in total. The lowest BCUT2D eigenvalue weighted by molar-refractivity contribution is -0.129. The van der Waals surface area contributed by atoms with Crippen LogP contribution in [0.1, 0.15) is 333 Å². The molecule has 0 spiro atoms. The SMILES string of the molecule is C/C=C(\C)C(=O)NC(=O)C[C@H]1CCC[C@@H](C)C1.C[C@@H]1CCC[C@H](N)C1.C[C@@H]1CCC[C@H](NC(=O)OCc2ccccc2)C1.Cc1cn([C@H]2CCC[C@@H](C)C2)c(=O)[nH]c1=O.Cc1cn([C@H]2CCC[C@@H](C)C2)c(=O)n(C(=O)c2ccccc2)c1=O.Cc1cn([C@H]2CCC[C@@H](O)C2)c(=O)n(C(=O)c2ccccc2)c1=O.O=C(NC1CCCC(O)C1)OCc1ccccc1.O=C1CCCC(NC(=O)OCc2ccccc2)C1. The molecule has 3 aromatic heterocycles. The first-order valence-electron chi connectivity index (χ1n) is 51.8. The van der Waals surface area contributed by atoms with Gasteiger partial charge in [0.25, 0.3) is 34.4 Å². The van der Waals surface area contributed by atoms with E-state index in [0.717, 1.165) is 149 Å². The second kappa shape index (κ2) is 59.7. The normalized spacial score (nSPS) is 23.4. The monoisotopic (exact) mass is 1970 g/mol. The third-order valence-electron chi connectivity index (χ3n) is 28.0. The maximum atomic E-state index is 12.9. The lowest BCUT2D eigenvalue weighted by atomic mass is 9.81.